The highest BCUT2D eigenvalue weighted by Gasteiger charge is 2.05. The van der Waals surface area contributed by atoms with Gasteiger partial charge in [-0.25, -0.2) is 4.98 Å². The number of nitrogens with two attached hydrogens (primary N) is 1. The second-order valence-corrected chi connectivity index (χ2v) is 4.22. The number of hydrogen-bond donors (Lipinski definition) is 1. The van der Waals surface area contributed by atoms with Crippen LogP contribution in [-0.2, 0) is 0 Å². The fourth-order valence-corrected chi connectivity index (χ4v) is 2.42. The zero-order chi connectivity index (χ0) is 9.26. The van der Waals surface area contributed by atoms with E-state index >= 15 is 0 Å². The fourth-order valence-electron chi connectivity index (χ4n) is 0.961. The van der Waals surface area contributed by atoms with Crippen molar-refractivity contribution in [1.82, 2.24) is 4.98 Å². The zero-order valence-electron chi connectivity index (χ0n) is 6.98. The van der Waals surface area contributed by atoms with E-state index in [0.717, 1.165) is 16.3 Å². The van der Waals surface area contributed by atoms with Gasteiger partial charge in [0.1, 0.15) is 5.75 Å². The number of nitrogen functional groups attached to an aromatic ring is 1. The minimum atomic E-state index is 0.599. The molecule has 0 atom stereocenters. The number of aromatic nitrogens is 1. The van der Waals surface area contributed by atoms with Gasteiger partial charge in [0, 0.05) is 16.8 Å². The van der Waals surface area contributed by atoms with E-state index in [1.54, 1.807) is 18.4 Å². The summed E-state index contributed by atoms with van der Waals surface area (Å²) >= 11 is 3.05. The molecule has 2 rings (SSSR count). The molecule has 0 saturated carbocycles. The van der Waals surface area contributed by atoms with Gasteiger partial charge in [-0.15, -0.1) is 22.7 Å². The van der Waals surface area contributed by atoms with Crippen molar-refractivity contribution in [2.24, 2.45) is 0 Å². The first-order valence-corrected chi connectivity index (χ1v) is 5.39. The van der Waals surface area contributed by atoms with E-state index in [2.05, 4.69) is 4.98 Å². The maximum absolute atomic E-state index is 5.54. The molecule has 2 heterocycles. The van der Waals surface area contributed by atoms with Crippen LogP contribution in [0.1, 0.15) is 0 Å². The Hall–Kier alpha value is -1.07. The van der Waals surface area contributed by atoms with Gasteiger partial charge in [-0.3, -0.25) is 0 Å². The Kier molecular flexibility index (Phi) is 2.20. The molecule has 5 heteroatoms. The molecular weight excluding hydrogens is 204 g/mol. The molecule has 2 aromatic heterocycles. The van der Waals surface area contributed by atoms with Crippen molar-refractivity contribution >= 4 is 27.8 Å². The molecule has 0 fully saturated rings. The van der Waals surface area contributed by atoms with E-state index in [1.807, 2.05) is 16.8 Å². The molecule has 0 aromatic carbocycles. The summed E-state index contributed by atoms with van der Waals surface area (Å²) in [5.74, 6) is 0.867. The Bertz CT molecular complexity index is 408. The average Bonchev–Trinajstić information content (AvgIpc) is 2.71. The molecule has 0 aliphatic carbocycles. The van der Waals surface area contributed by atoms with Gasteiger partial charge in [0.05, 0.1) is 17.7 Å². The second kappa shape index (κ2) is 3.35. The van der Waals surface area contributed by atoms with Crippen molar-refractivity contribution in [3.63, 3.8) is 0 Å². The van der Waals surface area contributed by atoms with Crippen molar-refractivity contribution in [2.75, 3.05) is 12.8 Å². The van der Waals surface area contributed by atoms with Crippen LogP contribution in [0.2, 0.25) is 0 Å². The van der Waals surface area contributed by atoms with Gasteiger partial charge in [-0.1, -0.05) is 0 Å². The molecule has 0 aliphatic rings. The summed E-state index contributed by atoms with van der Waals surface area (Å²) in [5.41, 5.74) is 6.46. The molecule has 3 nitrogen and oxygen atoms in total. The maximum atomic E-state index is 5.54. The summed E-state index contributed by atoms with van der Waals surface area (Å²) in [7, 11) is 1.65. The van der Waals surface area contributed by atoms with Crippen molar-refractivity contribution in [2.45, 2.75) is 0 Å². The molecule has 0 unspecified atom stereocenters. The van der Waals surface area contributed by atoms with Gasteiger partial charge < -0.3 is 10.5 Å². The lowest BCUT2D eigenvalue weighted by molar-refractivity contribution is 0.417. The average molecular weight is 212 g/mol. The minimum Gasteiger partial charge on any atom is -0.496 e. The van der Waals surface area contributed by atoms with Crippen molar-refractivity contribution in [1.29, 1.82) is 0 Å². The molecule has 68 valence electrons. The Balaban J connectivity index is 2.35. The first-order valence-electron chi connectivity index (χ1n) is 3.63. The molecule has 0 saturated heterocycles. The first-order chi connectivity index (χ1) is 6.29. The normalized spacial score (nSPS) is 10.2. The molecule has 0 spiro atoms. The Morgan fingerprint density at radius 1 is 1.38 bits per heavy atom. The molecule has 0 amide bonds. The number of nitrogens with zero attached hydrogens (tertiary/aromatic N) is 1. The van der Waals surface area contributed by atoms with Crippen LogP contribution >= 0.6 is 22.7 Å². The Morgan fingerprint density at radius 3 is 2.77 bits per heavy atom. The first kappa shape index (κ1) is 8.52. The smallest absolute Gasteiger partial charge is 0.180 e. The third-order valence-electron chi connectivity index (χ3n) is 1.59. The van der Waals surface area contributed by atoms with E-state index in [4.69, 9.17) is 10.5 Å². The van der Waals surface area contributed by atoms with Gasteiger partial charge >= 0.3 is 0 Å². The fraction of sp³-hybridized carbons (Fsp3) is 0.125. The lowest BCUT2D eigenvalue weighted by Crippen LogP contribution is -1.81. The maximum Gasteiger partial charge on any atom is 0.180 e. The number of rotatable bonds is 2. The van der Waals surface area contributed by atoms with E-state index < -0.39 is 0 Å². The molecule has 13 heavy (non-hydrogen) atoms. The summed E-state index contributed by atoms with van der Waals surface area (Å²) in [5, 5.41) is 4.49. The zero-order valence-corrected chi connectivity index (χ0v) is 8.61. The van der Waals surface area contributed by atoms with Crippen molar-refractivity contribution in [3.05, 3.63) is 16.8 Å². The van der Waals surface area contributed by atoms with Crippen molar-refractivity contribution < 1.29 is 4.74 Å². The second-order valence-electron chi connectivity index (χ2n) is 2.42. The summed E-state index contributed by atoms with van der Waals surface area (Å²) in [6.07, 6.45) is 0. The quantitative estimate of drug-likeness (QED) is 0.831. The highest BCUT2D eigenvalue weighted by molar-refractivity contribution is 7.16. The number of thiazole rings is 1. The third kappa shape index (κ3) is 1.66. The number of hydrogen-bond acceptors (Lipinski definition) is 5. The van der Waals surface area contributed by atoms with Crippen LogP contribution in [0.15, 0.2) is 16.8 Å². The third-order valence-corrected chi connectivity index (χ3v) is 3.19. The topological polar surface area (TPSA) is 48.1 Å². The van der Waals surface area contributed by atoms with Gasteiger partial charge in [-0.05, 0) is 0 Å². The SMILES string of the molecule is COc1csc(-c2csc(N)n2)c1. The van der Waals surface area contributed by atoms with Gasteiger partial charge in [0.15, 0.2) is 5.13 Å². The van der Waals surface area contributed by atoms with Crippen LogP contribution in [0.4, 0.5) is 5.13 Å². The summed E-state index contributed by atoms with van der Waals surface area (Å²) in [6.45, 7) is 0. The van der Waals surface area contributed by atoms with Crippen molar-refractivity contribution in [3.8, 4) is 16.3 Å². The standard InChI is InChI=1S/C8H8N2OS2/c1-11-5-2-7(12-3-5)6-4-13-8(9)10-6/h2-4H,1H3,(H2,9,10). The number of methoxy groups -OCH3 is 1. The monoisotopic (exact) mass is 212 g/mol. The summed E-state index contributed by atoms with van der Waals surface area (Å²) in [4.78, 5) is 5.27. The number of ether oxygens (including phenoxy) is 1. The number of anilines is 1. The Morgan fingerprint density at radius 2 is 2.23 bits per heavy atom. The lowest BCUT2D eigenvalue weighted by atomic mass is 10.4. The molecule has 0 radical (unpaired) electrons. The van der Waals surface area contributed by atoms with Crippen LogP contribution in [0.25, 0.3) is 10.6 Å². The lowest BCUT2D eigenvalue weighted by Gasteiger charge is -1.89. The van der Waals surface area contributed by atoms with Gasteiger partial charge in [-0.2, -0.15) is 0 Å². The van der Waals surface area contributed by atoms with E-state index in [-0.39, 0.29) is 0 Å². The molecule has 2 N–H and O–H groups in total. The summed E-state index contributed by atoms with van der Waals surface area (Å²) < 4.78 is 5.08. The van der Waals surface area contributed by atoms with Crippen LogP contribution in [0, 0.1) is 0 Å². The van der Waals surface area contributed by atoms with Crippen LogP contribution in [0.3, 0.4) is 0 Å². The highest BCUT2D eigenvalue weighted by atomic mass is 32.1. The summed E-state index contributed by atoms with van der Waals surface area (Å²) in [6, 6.07) is 1.96. The molecule has 0 bridgehead atoms. The van der Waals surface area contributed by atoms with E-state index in [1.165, 1.54) is 11.3 Å². The van der Waals surface area contributed by atoms with Crippen LogP contribution in [-0.4, -0.2) is 12.1 Å². The van der Waals surface area contributed by atoms with E-state index in [0.29, 0.717) is 5.13 Å². The van der Waals surface area contributed by atoms with Crippen LogP contribution in [0.5, 0.6) is 5.75 Å². The van der Waals surface area contributed by atoms with Gasteiger partial charge in [0.2, 0.25) is 0 Å². The molecule has 0 aliphatic heterocycles. The predicted molar refractivity (Wildman–Crippen MR) is 56.4 cm³/mol. The predicted octanol–water partition coefficient (Wildman–Crippen LogP) is 2.46. The van der Waals surface area contributed by atoms with Crippen LogP contribution < -0.4 is 10.5 Å². The molecular formula is C8H8N2OS2. The number of thiophene rings is 1. The molecule has 2 aromatic rings. The highest BCUT2D eigenvalue weighted by Crippen LogP contribution is 2.31. The Labute approximate surface area is 83.8 Å². The van der Waals surface area contributed by atoms with Gasteiger partial charge in [0.25, 0.3) is 0 Å². The largest absolute Gasteiger partial charge is 0.496 e. The van der Waals surface area contributed by atoms with E-state index in [9.17, 15) is 0 Å². The minimum absolute atomic E-state index is 0.599.